The molecule has 0 radical (unpaired) electrons. The van der Waals surface area contributed by atoms with E-state index in [9.17, 15) is 0 Å². The molecular weight excluding hydrogens is 308 g/mol. The molecule has 2 nitrogen and oxygen atoms in total. The van der Waals surface area contributed by atoms with E-state index in [1.807, 2.05) is 0 Å². The van der Waals surface area contributed by atoms with Crippen LogP contribution in [-0.4, -0.2) is 41.6 Å². The molecule has 0 aliphatic carbocycles. The van der Waals surface area contributed by atoms with Crippen molar-refractivity contribution in [2.45, 2.75) is 24.3 Å². The Bertz CT molecular complexity index is 376. The van der Waals surface area contributed by atoms with Crippen molar-refractivity contribution in [3.8, 4) is 0 Å². The Morgan fingerprint density at radius 1 is 1.33 bits per heavy atom. The van der Waals surface area contributed by atoms with Gasteiger partial charge < -0.3 is 5.32 Å². The molecule has 1 aliphatic rings. The van der Waals surface area contributed by atoms with E-state index in [1.165, 1.54) is 18.8 Å². The number of thioether (sulfide) groups is 1. The quantitative estimate of drug-likeness (QED) is 0.907. The Labute approximate surface area is 123 Å². The number of nitrogens with zero attached hydrogens (tertiary/aromatic N) is 1. The third-order valence-electron chi connectivity index (χ3n) is 3.08. The largest absolute Gasteiger partial charge is 0.384 e. The molecule has 1 aromatic carbocycles. The molecule has 2 atom stereocenters. The Kier molecular flexibility index (Phi) is 5.39. The zero-order chi connectivity index (χ0) is 13.0. The zero-order valence-electron chi connectivity index (χ0n) is 11.0. The van der Waals surface area contributed by atoms with Gasteiger partial charge in [-0.2, -0.15) is 11.8 Å². The maximum atomic E-state index is 3.49. The van der Waals surface area contributed by atoms with Crippen LogP contribution in [0.2, 0.25) is 0 Å². The highest BCUT2D eigenvalue weighted by atomic mass is 79.9. The number of halogens is 1. The Balaban J connectivity index is 1.75. The van der Waals surface area contributed by atoms with Crippen LogP contribution in [0, 0.1) is 0 Å². The second kappa shape index (κ2) is 6.83. The molecule has 18 heavy (non-hydrogen) atoms. The van der Waals surface area contributed by atoms with Gasteiger partial charge in [-0.15, -0.1) is 0 Å². The standard InChI is InChI=1S/C14H21BrN2S/c1-11-9-17(10-12(2)18-11)7-6-16-14-5-3-4-13(15)8-14/h3-5,8,11-12,16H,6-7,9-10H2,1-2H3. The summed E-state index contributed by atoms with van der Waals surface area (Å²) in [7, 11) is 0. The van der Waals surface area contributed by atoms with Crippen LogP contribution in [0.25, 0.3) is 0 Å². The van der Waals surface area contributed by atoms with Gasteiger partial charge in [0.05, 0.1) is 0 Å². The van der Waals surface area contributed by atoms with Gasteiger partial charge in [0.15, 0.2) is 0 Å². The molecule has 4 heteroatoms. The molecule has 1 fully saturated rings. The topological polar surface area (TPSA) is 15.3 Å². The lowest BCUT2D eigenvalue weighted by molar-refractivity contribution is 0.281. The van der Waals surface area contributed by atoms with E-state index in [4.69, 9.17) is 0 Å². The SMILES string of the molecule is CC1CN(CCNc2cccc(Br)c2)CC(C)S1. The number of nitrogens with one attached hydrogen (secondary N) is 1. The van der Waals surface area contributed by atoms with E-state index in [0.717, 1.165) is 28.1 Å². The molecule has 1 aliphatic heterocycles. The number of benzene rings is 1. The minimum Gasteiger partial charge on any atom is -0.384 e. The van der Waals surface area contributed by atoms with Crippen LogP contribution in [0.5, 0.6) is 0 Å². The van der Waals surface area contributed by atoms with Crippen molar-refractivity contribution in [2.75, 3.05) is 31.5 Å². The van der Waals surface area contributed by atoms with Crippen molar-refractivity contribution in [3.63, 3.8) is 0 Å². The van der Waals surface area contributed by atoms with Gasteiger partial charge in [0, 0.05) is 46.8 Å². The minimum atomic E-state index is 0.764. The lowest BCUT2D eigenvalue weighted by atomic mass is 10.3. The van der Waals surface area contributed by atoms with E-state index in [0.29, 0.717) is 0 Å². The molecule has 1 heterocycles. The molecule has 0 saturated carbocycles. The van der Waals surface area contributed by atoms with Crippen LogP contribution in [0.1, 0.15) is 13.8 Å². The first-order valence-electron chi connectivity index (χ1n) is 6.51. The van der Waals surface area contributed by atoms with E-state index < -0.39 is 0 Å². The summed E-state index contributed by atoms with van der Waals surface area (Å²) in [6, 6.07) is 8.35. The summed E-state index contributed by atoms with van der Waals surface area (Å²) in [6.45, 7) is 9.23. The molecule has 0 amide bonds. The number of hydrogen-bond acceptors (Lipinski definition) is 3. The maximum Gasteiger partial charge on any atom is 0.0351 e. The lowest BCUT2D eigenvalue weighted by Gasteiger charge is -2.34. The fraction of sp³-hybridized carbons (Fsp3) is 0.571. The fourth-order valence-electron chi connectivity index (χ4n) is 2.42. The van der Waals surface area contributed by atoms with E-state index in [2.05, 4.69) is 76.0 Å². The van der Waals surface area contributed by atoms with E-state index in [-0.39, 0.29) is 0 Å². The van der Waals surface area contributed by atoms with E-state index >= 15 is 0 Å². The maximum absolute atomic E-state index is 3.49. The first kappa shape index (κ1) is 14.2. The summed E-state index contributed by atoms with van der Waals surface area (Å²) >= 11 is 5.60. The zero-order valence-corrected chi connectivity index (χ0v) is 13.4. The van der Waals surface area contributed by atoms with Gasteiger partial charge in [-0.1, -0.05) is 35.8 Å². The molecule has 1 saturated heterocycles. The van der Waals surface area contributed by atoms with Gasteiger partial charge in [-0.05, 0) is 18.2 Å². The van der Waals surface area contributed by atoms with Crippen LogP contribution in [0.15, 0.2) is 28.7 Å². The fourth-order valence-corrected chi connectivity index (χ4v) is 4.21. The summed E-state index contributed by atoms with van der Waals surface area (Å²) in [4.78, 5) is 2.57. The van der Waals surface area contributed by atoms with Crippen molar-refractivity contribution >= 4 is 33.4 Å². The molecule has 1 N–H and O–H groups in total. The van der Waals surface area contributed by atoms with Gasteiger partial charge in [-0.25, -0.2) is 0 Å². The highest BCUT2D eigenvalue weighted by Crippen LogP contribution is 2.24. The first-order chi connectivity index (χ1) is 8.63. The van der Waals surface area contributed by atoms with Crippen LogP contribution < -0.4 is 5.32 Å². The second-order valence-electron chi connectivity index (χ2n) is 4.95. The number of rotatable bonds is 4. The molecule has 100 valence electrons. The molecule has 0 bridgehead atoms. The monoisotopic (exact) mass is 328 g/mol. The summed E-state index contributed by atoms with van der Waals surface area (Å²) in [5, 5.41) is 5.01. The van der Waals surface area contributed by atoms with Crippen LogP contribution in [0.3, 0.4) is 0 Å². The van der Waals surface area contributed by atoms with E-state index in [1.54, 1.807) is 0 Å². The Morgan fingerprint density at radius 2 is 2.06 bits per heavy atom. The van der Waals surface area contributed by atoms with Crippen LogP contribution in [0.4, 0.5) is 5.69 Å². The summed E-state index contributed by atoms with van der Waals surface area (Å²) in [5.41, 5.74) is 1.19. The highest BCUT2D eigenvalue weighted by molar-refractivity contribution is 9.10. The molecule has 0 aromatic heterocycles. The third kappa shape index (κ3) is 4.48. The van der Waals surface area contributed by atoms with Crippen molar-refractivity contribution in [2.24, 2.45) is 0 Å². The summed E-state index contributed by atoms with van der Waals surface area (Å²) in [5.74, 6) is 0. The van der Waals surface area contributed by atoms with Gasteiger partial charge in [-0.3, -0.25) is 4.90 Å². The molecule has 2 unspecified atom stereocenters. The number of anilines is 1. The van der Waals surface area contributed by atoms with Crippen LogP contribution in [-0.2, 0) is 0 Å². The average molecular weight is 329 g/mol. The normalized spacial score (nSPS) is 25.1. The minimum absolute atomic E-state index is 0.764. The summed E-state index contributed by atoms with van der Waals surface area (Å²) in [6.07, 6.45) is 0. The molecule has 1 aromatic rings. The van der Waals surface area contributed by atoms with Gasteiger partial charge in [0.2, 0.25) is 0 Å². The van der Waals surface area contributed by atoms with Gasteiger partial charge in [0.1, 0.15) is 0 Å². The van der Waals surface area contributed by atoms with Crippen molar-refractivity contribution in [3.05, 3.63) is 28.7 Å². The smallest absolute Gasteiger partial charge is 0.0351 e. The molecular formula is C14H21BrN2S. The Morgan fingerprint density at radius 3 is 2.72 bits per heavy atom. The van der Waals surface area contributed by atoms with Crippen molar-refractivity contribution < 1.29 is 0 Å². The summed E-state index contributed by atoms with van der Waals surface area (Å²) < 4.78 is 1.13. The Hall–Kier alpha value is -0.190. The van der Waals surface area contributed by atoms with Gasteiger partial charge in [0.25, 0.3) is 0 Å². The average Bonchev–Trinajstić information content (AvgIpc) is 2.27. The molecule has 2 rings (SSSR count). The highest BCUT2D eigenvalue weighted by Gasteiger charge is 2.21. The van der Waals surface area contributed by atoms with Crippen LogP contribution >= 0.6 is 27.7 Å². The first-order valence-corrected chi connectivity index (χ1v) is 8.24. The predicted octanol–water partition coefficient (Wildman–Crippen LogP) is 3.69. The second-order valence-corrected chi connectivity index (χ2v) is 7.75. The molecule has 0 spiro atoms. The predicted molar refractivity (Wildman–Crippen MR) is 85.6 cm³/mol. The lowest BCUT2D eigenvalue weighted by Crippen LogP contribution is -2.42. The van der Waals surface area contributed by atoms with Gasteiger partial charge >= 0.3 is 0 Å². The number of hydrogen-bond donors (Lipinski definition) is 1. The van der Waals surface area contributed by atoms with Crippen molar-refractivity contribution in [1.82, 2.24) is 4.90 Å². The third-order valence-corrected chi connectivity index (χ3v) is 4.80. The van der Waals surface area contributed by atoms with Crippen molar-refractivity contribution in [1.29, 1.82) is 0 Å².